The number of phenols is 1. The van der Waals surface area contributed by atoms with E-state index in [1.807, 2.05) is 6.92 Å². The molecule has 6 N–H and O–H groups in total. The van der Waals surface area contributed by atoms with E-state index >= 15 is 0 Å². The highest BCUT2D eigenvalue weighted by atomic mass is 32.1. The molecule has 1 unspecified atom stereocenters. The van der Waals surface area contributed by atoms with Crippen LogP contribution < -0.4 is 26.4 Å². The number of aromatic nitrogens is 1. The van der Waals surface area contributed by atoms with E-state index in [9.17, 15) is 19.5 Å². The number of ether oxygens (including phenoxy) is 2. The summed E-state index contributed by atoms with van der Waals surface area (Å²) in [6.45, 7) is 2.75. The molecular weight excluding hydrogens is 486 g/mol. The third kappa shape index (κ3) is 5.90. The Morgan fingerprint density at radius 2 is 1.81 bits per heavy atom. The molecule has 11 nitrogen and oxygen atoms in total. The lowest BCUT2D eigenvalue weighted by Gasteiger charge is -2.31. The highest BCUT2D eigenvalue weighted by molar-refractivity contribution is 7.09. The molecule has 0 saturated carbocycles. The van der Waals surface area contributed by atoms with Gasteiger partial charge in [-0.2, -0.15) is 4.37 Å². The first-order valence-electron chi connectivity index (χ1n) is 10.9. The Labute approximate surface area is 211 Å². The Bertz CT molecular complexity index is 1210. The van der Waals surface area contributed by atoms with Crippen LogP contribution in [0.3, 0.4) is 0 Å². The Hall–Kier alpha value is -4.16. The van der Waals surface area contributed by atoms with Gasteiger partial charge in [0.1, 0.15) is 22.4 Å². The fourth-order valence-electron chi connectivity index (χ4n) is 3.44. The summed E-state index contributed by atoms with van der Waals surface area (Å²) in [6, 6.07) is 11.3. The fourth-order valence-corrected chi connectivity index (χ4v) is 4.18. The number of anilines is 2. The van der Waals surface area contributed by atoms with E-state index in [1.54, 1.807) is 24.3 Å². The van der Waals surface area contributed by atoms with Crippen LogP contribution in [0.2, 0.25) is 0 Å². The lowest BCUT2D eigenvalue weighted by atomic mass is 10.0. The van der Waals surface area contributed by atoms with Crippen LogP contribution >= 0.6 is 11.5 Å². The topological polar surface area (TPSA) is 170 Å². The second kappa shape index (κ2) is 12.0. The first-order chi connectivity index (χ1) is 17.3. The van der Waals surface area contributed by atoms with Crippen LogP contribution in [0, 0.1) is 0 Å². The summed E-state index contributed by atoms with van der Waals surface area (Å²) in [7, 11) is 1.50. The number of nitrogens with zero attached hydrogens (tertiary/aromatic N) is 2. The van der Waals surface area contributed by atoms with Gasteiger partial charge in [-0.05, 0) is 60.4 Å². The number of benzene rings is 2. The number of carbonyl (C=O) groups is 3. The first kappa shape index (κ1) is 26.4. The number of phenolic OH excluding ortho intramolecular Hbond substituents is 1. The number of nitrogen functional groups attached to an aromatic ring is 1. The molecule has 1 aromatic heterocycles. The van der Waals surface area contributed by atoms with Crippen molar-refractivity contribution in [3.05, 3.63) is 64.7 Å². The first-order valence-corrected chi connectivity index (χ1v) is 11.7. The van der Waals surface area contributed by atoms with Crippen molar-refractivity contribution in [3.8, 4) is 11.5 Å². The van der Waals surface area contributed by atoms with Crippen molar-refractivity contribution in [1.29, 1.82) is 0 Å². The summed E-state index contributed by atoms with van der Waals surface area (Å²) in [5.74, 6) is -1.47. The Morgan fingerprint density at radius 1 is 1.14 bits per heavy atom. The summed E-state index contributed by atoms with van der Waals surface area (Å²) in [6.07, 6.45) is 0. The van der Waals surface area contributed by atoms with Gasteiger partial charge in [-0.25, -0.2) is 0 Å². The number of primary amides is 1. The van der Waals surface area contributed by atoms with Gasteiger partial charge in [0.25, 0.3) is 11.8 Å². The summed E-state index contributed by atoms with van der Waals surface area (Å²) < 4.78 is 14.4. The SMILES string of the molecule is CCOc1ccc(N(C(=O)c2snc(C(N)=O)c2N)C(C(=O)NCCOC)c2ccc(O)cc2)cc1. The normalized spacial score (nSPS) is 11.5. The molecule has 2 aromatic carbocycles. The lowest BCUT2D eigenvalue weighted by Crippen LogP contribution is -2.44. The van der Waals surface area contributed by atoms with Crippen molar-refractivity contribution in [2.75, 3.05) is 37.5 Å². The fraction of sp³-hybridized carbons (Fsp3) is 0.250. The van der Waals surface area contributed by atoms with E-state index < -0.39 is 23.8 Å². The van der Waals surface area contributed by atoms with E-state index in [0.717, 1.165) is 0 Å². The van der Waals surface area contributed by atoms with Gasteiger partial charge in [0.05, 0.1) is 18.9 Å². The Kier molecular flexibility index (Phi) is 8.81. The van der Waals surface area contributed by atoms with Crippen molar-refractivity contribution >= 4 is 40.6 Å². The molecule has 190 valence electrons. The van der Waals surface area contributed by atoms with Crippen LogP contribution in [-0.4, -0.2) is 54.1 Å². The molecule has 3 aromatic rings. The van der Waals surface area contributed by atoms with Gasteiger partial charge < -0.3 is 31.4 Å². The highest BCUT2D eigenvalue weighted by Gasteiger charge is 2.36. The number of amides is 3. The zero-order valence-corrected chi connectivity index (χ0v) is 20.6. The minimum atomic E-state index is -1.17. The molecule has 1 atom stereocenters. The van der Waals surface area contributed by atoms with Crippen LogP contribution in [0.5, 0.6) is 11.5 Å². The average molecular weight is 514 g/mol. The number of hydrogen-bond acceptors (Lipinski definition) is 9. The predicted molar refractivity (Wildman–Crippen MR) is 135 cm³/mol. The molecule has 0 radical (unpaired) electrons. The predicted octanol–water partition coefficient (Wildman–Crippen LogP) is 2.08. The summed E-state index contributed by atoms with van der Waals surface area (Å²) in [5, 5.41) is 12.5. The number of methoxy groups -OCH3 is 1. The van der Waals surface area contributed by atoms with E-state index in [4.69, 9.17) is 20.9 Å². The van der Waals surface area contributed by atoms with Crippen LogP contribution in [0.15, 0.2) is 48.5 Å². The molecule has 0 aliphatic rings. The zero-order valence-electron chi connectivity index (χ0n) is 19.8. The largest absolute Gasteiger partial charge is 0.508 e. The number of aromatic hydroxyl groups is 1. The van der Waals surface area contributed by atoms with E-state index in [-0.39, 0.29) is 35.2 Å². The second-order valence-electron chi connectivity index (χ2n) is 7.52. The van der Waals surface area contributed by atoms with Crippen molar-refractivity contribution in [2.24, 2.45) is 5.73 Å². The van der Waals surface area contributed by atoms with Crippen LogP contribution in [-0.2, 0) is 9.53 Å². The molecule has 0 bridgehead atoms. The van der Waals surface area contributed by atoms with E-state index in [0.29, 0.717) is 35.1 Å². The zero-order chi connectivity index (χ0) is 26.2. The third-order valence-corrected chi connectivity index (χ3v) is 5.97. The van der Waals surface area contributed by atoms with Crippen LogP contribution in [0.25, 0.3) is 0 Å². The second-order valence-corrected chi connectivity index (χ2v) is 8.29. The van der Waals surface area contributed by atoms with Gasteiger partial charge in [0, 0.05) is 19.3 Å². The van der Waals surface area contributed by atoms with Gasteiger partial charge in [-0.15, -0.1) is 0 Å². The van der Waals surface area contributed by atoms with Crippen molar-refractivity contribution in [1.82, 2.24) is 9.69 Å². The molecule has 1 heterocycles. The number of rotatable bonds is 11. The minimum absolute atomic E-state index is 0.00552. The number of hydrogen-bond donors (Lipinski definition) is 4. The van der Waals surface area contributed by atoms with Gasteiger partial charge >= 0.3 is 0 Å². The van der Waals surface area contributed by atoms with Gasteiger partial charge in [0.2, 0.25) is 5.91 Å². The molecular formula is C24H27N5O6S. The van der Waals surface area contributed by atoms with E-state index in [1.165, 1.54) is 36.3 Å². The quantitative estimate of drug-likeness (QED) is 0.282. The molecule has 3 rings (SSSR count). The summed E-state index contributed by atoms with van der Waals surface area (Å²) in [5.41, 5.74) is 11.8. The maximum atomic E-state index is 13.9. The monoisotopic (exact) mass is 513 g/mol. The van der Waals surface area contributed by atoms with Crippen molar-refractivity contribution in [2.45, 2.75) is 13.0 Å². The molecule has 12 heteroatoms. The third-order valence-electron chi connectivity index (χ3n) is 5.12. The van der Waals surface area contributed by atoms with Gasteiger partial charge in [-0.1, -0.05) is 12.1 Å². The Morgan fingerprint density at radius 3 is 2.36 bits per heavy atom. The van der Waals surface area contributed by atoms with Gasteiger partial charge in [-0.3, -0.25) is 19.3 Å². The number of nitrogens with two attached hydrogens (primary N) is 2. The average Bonchev–Trinajstić information content (AvgIpc) is 3.25. The molecule has 36 heavy (non-hydrogen) atoms. The van der Waals surface area contributed by atoms with Crippen LogP contribution in [0.1, 0.15) is 38.7 Å². The molecule has 0 aliphatic carbocycles. The summed E-state index contributed by atoms with van der Waals surface area (Å²) in [4.78, 5) is 40.2. The summed E-state index contributed by atoms with van der Waals surface area (Å²) >= 11 is 0.712. The molecule has 0 spiro atoms. The van der Waals surface area contributed by atoms with Crippen LogP contribution in [0.4, 0.5) is 11.4 Å². The van der Waals surface area contributed by atoms with E-state index in [2.05, 4.69) is 9.69 Å². The maximum Gasteiger partial charge on any atom is 0.273 e. The lowest BCUT2D eigenvalue weighted by molar-refractivity contribution is -0.122. The molecule has 0 aliphatic heterocycles. The molecule has 3 amide bonds. The Balaban J connectivity index is 2.16. The highest BCUT2D eigenvalue weighted by Crippen LogP contribution is 2.34. The maximum absolute atomic E-state index is 13.9. The minimum Gasteiger partial charge on any atom is -0.508 e. The molecule has 0 fully saturated rings. The number of carbonyl (C=O) groups excluding carboxylic acids is 3. The van der Waals surface area contributed by atoms with Crippen molar-refractivity contribution in [3.63, 3.8) is 0 Å². The molecule has 0 saturated heterocycles. The van der Waals surface area contributed by atoms with Gasteiger partial charge in [0.15, 0.2) is 5.69 Å². The van der Waals surface area contributed by atoms with Crippen molar-refractivity contribution < 1.29 is 29.0 Å². The standard InChI is InChI=1S/C24H27N5O6S/c1-3-35-17-10-6-15(7-11-17)29(24(33)21-18(25)19(22(26)31)28-36-21)20(23(32)27-12-13-34-2)14-4-8-16(30)9-5-14/h4-11,20,30H,3,12-13,25H2,1-2H3,(H2,26,31)(H,27,32). The number of nitrogens with one attached hydrogen (secondary N) is 1. The smallest absolute Gasteiger partial charge is 0.273 e.